The van der Waals surface area contributed by atoms with Gasteiger partial charge in [0.1, 0.15) is 0 Å². The molecule has 0 bridgehead atoms. The molecule has 6 nitrogen and oxygen atoms in total. The zero-order chi connectivity index (χ0) is 18.7. The molecule has 0 spiro atoms. The number of nitrogens with one attached hydrogen (secondary N) is 1. The quantitative estimate of drug-likeness (QED) is 0.736. The largest absolute Gasteiger partial charge is 0.326 e. The molecule has 1 N–H and O–H groups in total. The number of rotatable bonds is 4. The van der Waals surface area contributed by atoms with Crippen LogP contribution in [0.3, 0.4) is 0 Å². The molecular weight excluding hydrogens is 330 g/mol. The van der Waals surface area contributed by atoms with E-state index in [9.17, 15) is 14.4 Å². The molecule has 0 aliphatic heterocycles. The Morgan fingerprint density at radius 1 is 1.00 bits per heavy atom. The SMILES string of the molecule is CC(=O)Nc1ccc(-c2cc(C(=O)c3ccccc3)c(=O)n(C)n2)cc1. The van der Waals surface area contributed by atoms with Crippen LogP contribution in [0.5, 0.6) is 0 Å². The zero-order valence-corrected chi connectivity index (χ0v) is 14.4. The van der Waals surface area contributed by atoms with Crippen molar-refractivity contribution in [1.29, 1.82) is 0 Å². The number of anilines is 1. The van der Waals surface area contributed by atoms with E-state index in [-0.39, 0.29) is 17.3 Å². The third-order valence-electron chi connectivity index (χ3n) is 3.84. The molecule has 0 radical (unpaired) electrons. The molecule has 0 aliphatic rings. The lowest BCUT2D eigenvalue weighted by Gasteiger charge is -2.08. The zero-order valence-electron chi connectivity index (χ0n) is 14.4. The highest BCUT2D eigenvalue weighted by Gasteiger charge is 2.16. The first-order chi connectivity index (χ1) is 12.5. The van der Waals surface area contributed by atoms with E-state index in [0.29, 0.717) is 16.9 Å². The van der Waals surface area contributed by atoms with Gasteiger partial charge in [-0.2, -0.15) is 5.10 Å². The Balaban J connectivity index is 2.02. The van der Waals surface area contributed by atoms with Crippen LogP contribution in [0, 0.1) is 0 Å². The first kappa shape index (κ1) is 17.3. The Morgan fingerprint density at radius 2 is 1.65 bits per heavy atom. The Hall–Kier alpha value is -3.54. The number of aromatic nitrogens is 2. The summed E-state index contributed by atoms with van der Waals surface area (Å²) in [5.41, 5.74) is 1.96. The Bertz CT molecular complexity index is 1020. The maximum absolute atomic E-state index is 12.7. The van der Waals surface area contributed by atoms with Crippen molar-refractivity contribution in [2.24, 2.45) is 7.05 Å². The van der Waals surface area contributed by atoms with Crippen molar-refractivity contribution >= 4 is 17.4 Å². The summed E-state index contributed by atoms with van der Waals surface area (Å²) < 4.78 is 1.16. The second-order valence-corrected chi connectivity index (χ2v) is 5.83. The van der Waals surface area contributed by atoms with E-state index in [4.69, 9.17) is 0 Å². The van der Waals surface area contributed by atoms with Crippen molar-refractivity contribution < 1.29 is 9.59 Å². The van der Waals surface area contributed by atoms with Gasteiger partial charge in [-0.25, -0.2) is 4.68 Å². The van der Waals surface area contributed by atoms with Gasteiger partial charge in [0, 0.05) is 30.8 Å². The maximum atomic E-state index is 12.7. The van der Waals surface area contributed by atoms with Crippen LogP contribution < -0.4 is 10.9 Å². The van der Waals surface area contributed by atoms with E-state index in [2.05, 4.69) is 10.4 Å². The average Bonchev–Trinajstić information content (AvgIpc) is 2.64. The first-order valence-corrected chi connectivity index (χ1v) is 8.02. The normalized spacial score (nSPS) is 10.4. The molecule has 0 saturated carbocycles. The molecule has 3 aromatic rings. The highest BCUT2D eigenvalue weighted by atomic mass is 16.2. The summed E-state index contributed by atoms with van der Waals surface area (Å²) in [5.74, 6) is -0.501. The van der Waals surface area contributed by atoms with E-state index in [1.807, 2.05) is 6.07 Å². The molecule has 2 aromatic carbocycles. The number of amides is 1. The van der Waals surface area contributed by atoms with Gasteiger partial charge in [0.25, 0.3) is 5.56 Å². The minimum atomic E-state index is -0.447. The van der Waals surface area contributed by atoms with Crippen molar-refractivity contribution in [2.45, 2.75) is 6.92 Å². The van der Waals surface area contributed by atoms with E-state index < -0.39 is 5.56 Å². The molecule has 1 amide bonds. The summed E-state index contributed by atoms with van der Waals surface area (Å²) >= 11 is 0. The van der Waals surface area contributed by atoms with E-state index in [1.165, 1.54) is 20.0 Å². The molecule has 0 aliphatic carbocycles. The summed E-state index contributed by atoms with van der Waals surface area (Å²) in [4.78, 5) is 36.2. The van der Waals surface area contributed by atoms with Crippen molar-refractivity contribution in [2.75, 3.05) is 5.32 Å². The number of benzene rings is 2. The number of carbonyl (C=O) groups is 2. The fraction of sp³-hybridized carbons (Fsp3) is 0.100. The lowest BCUT2D eigenvalue weighted by atomic mass is 10.0. The fourth-order valence-electron chi connectivity index (χ4n) is 2.59. The molecule has 1 aromatic heterocycles. The van der Waals surface area contributed by atoms with Gasteiger partial charge in [-0.05, 0) is 18.2 Å². The van der Waals surface area contributed by atoms with Crippen molar-refractivity contribution in [3.8, 4) is 11.3 Å². The van der Waals surface area contributed by atoms with Gasteiger partial charge in [-0.3, -0.25) is 14.4 Å². The van der Waals surface area contributed by atoms with Gasteiger partial charge in [0.05, 0.1) is 11.3 Å². The van der Waals surface area contributed by atoms with E-state index >= 15 is 0 Å². The van der Waals surface area contributed by atoms with Gasteiger partial charge in [-0.1, -0.05) is 42.5 Å². The molecule has 26 heavy (non-hydrogen) atoms. The first-order valence-electron chi connectivity index (χ1n) is 8.02. The van der Waals surface area contributed by atoms with Crippen molar-refractivity contribution in [3.05, 3.63) is 82.1 Å². The van der Waals surface area contributed by atoms with E-state index in [0.717, 1.165) is 10.2 Å². The van der Waals surface area contributed by atoms with E-state index in [1.54, 1.807) is 48.5 Å². The number of hydrogen-bond donors (Lipinski definition) is 1. The van der Waals surface area contributed by atoms with Crippen molar-refractivity contribution in [1.82, 2.24) is 9.78 Å². The fourth-order valence-corrected chi connectivity index (χ4v) is 2.59. The average molecular weight is 347 g/mol. The van der Waals surface area contributed by atoms with Gasteiger partial charge in [-0.15, -0.1) is 0 Å². The molecule has 3 rings (SSSR count). The number of carbonyl (C=O) groups excluding carboxylic acids is 2. The van der Waals surface area contributed by atoms with Gasteiger partial charge in [0.15, 0.2) is 5.78 Å². The Labute approximate surface area is 150 Å². The van der Waals surface area contributed by atoms with Crippen LogP contribution in [0.25, 0.3) is 11.3 Å². The number of aryl methyl sites for hydroxylation is 1. The highest BCUT2D eigenvalue weighted by Crippen LogP contribution is 2.20. The second kappa shape index (κ2) is 7.14. The number of nitrogens with zero attached hydrogens (tertiary/aromatic N) is 2. The van der Waals surface area contributed by atoms with Crippen molar-refractivity contribution in [3.63, 3.8) is 0 Å². The third kappa shape index (κ3) is 3.59. The van der Waals surface area contributed by atoms with Crippen LogP contribution >= 0.6 is 0 Å². The molecule has 0 atom stereocenters. The van der Waals surface area contributed by atoms with Crippen LogP contribution in [0.1, 0.15) is 22.8 Å². The highest BCUT2D eigenvalue weighted by molar-refractivity contribution is 6.09. The van der Waals surface area contributed by atoms with Gasteiger partial charge >= 0.3 is 0 Å². The van der Waals surface area contributed by atoms with Crippen LogP contribution in [-0.4, -0.2) is 21.5 Å². The van der Waals surface area contributed by atoms with Crippen LogP contribution in [0.15, 0.2) is 65.5 Å². The smallest absolute Gasteiger partial charge is 0.277 e. The minimum absolute atomic E-state index is 0.0645. The molecule has 130 valence electrons. The Morgan fingerprint density at radius 3 is 2.27 bits per heavy atom. The summed E-state index contributed by atoms with van der Waals surface area (Å²) in [6, 6.07) is 17.2. The van der Waals surface area contributed by atoms with Crippen LogP contribution in [-0.2, 0) is 11.8 Å². The van der Waals surface area contributed by atoms with Gasteiger partial charge in [0.2, 0.25) is 5.91 Å². The molecule has 1 heterocycles. The third-order valence-corrected chi connectivity index (χ3v) is 3.84. The topological polar surface area (TPSA) is 81.1 Å². The summed E-state index contributed by atoms with van der Waals surface area (Å²) in [6.07, 6.45) is 0. The van der Waals surface area contributed by atoms with Crippen LogP contribution in [0.4, 0.5) is 5.69 Å². The van der Waals surface area contributed by atoms with Crippen LogP contribution in [0.2, 0.25) is 0 Å². The van der Waals surface area contributed by atoms with Gasteiger partial charge < -0.3 is 5.32 Å². The molecular formula is C20H17N3O3. The summed E-state index contributed by atoms with van der Waals surface area (Å²) in [7, 11) is 1.51. The molecule has 0 saturated heterocycles. The standard InChI is InChI=1S/C20H17N3O3/c1-13(24)21-16-10-8-14(9-11-16)18-12-17(20(26)23(2)22-18)19(25)15-6-4-3-5-7-15/h3-12H,1-2H3,(H,21,24). The lowest BCUT2D eigenvalue weighted by Crippen LogP contribution is -2.27. The monoisotopic (exact) mass is 347 g/mol. The predicted molar refractivity (Wildman–Crippen MR) is 99.1 cm³/mol. The maximum Gasteiger partial charge on any atom is 0.277 e. The number of hydrogen-bond acceptors (Lipinski definition) is 4. The predicted octanol–water partition coefficient (Wildman–Crippen LogP) is 2.64. The second-order valence-electron chi connectivity index (χ2n) is 5.83. The molecule has 0 fully saturated rings. The number of ketones is 1. The summed E-state index contributed by atoms with van der Waals surface area (Å²) in [5, 5.41) is 6.92. The summed E-state index contributed by atoms with van der Waals surface area (Å²) in [6.45, 7) is 1.43. The molecule has 0 unspecified atom stereocenters. The Kier molecular flexibility index (Phi) is 4.75. The molecule has 6 heteroatoms. The lowest BCUT2D eigenvalue weighted by molar-refractivity contribution is -0.114. The minimum Gasteiger partial charge on any atom is -0.326 e.